The third kappa shape index (κ3) is 2.96. The van der Waals surface area contributed by atoms with Crippen molar-refractivity contribution in [2.24, 2.45) is 5.84 Å². The molecule has 0 atom stereocenters. The third-order valence-electron chi connectivity index (χ3n) is 3.19. The first-order valence-electron chi connectivity index (χ1n) is 5.96. The zero-order valence-corrected chi connectivity index (χ0v) is 10.4. The number of hydrogen-bond donors (Lipinski definition) is 3. The quantitative estimate of drug-likeness (QED) is 0.542. The molecule has 1 fully saturated rings. The van der Waals surface area contributed by atoms with Crippen LogP contribution in [0.4, 0.5) is 5.82 Å². The van der Waals surface area contributed by atoms with E-state index in [-0.39, 0.29) is 11.4 Å². The number of ether oxygens (including phenoxy) is 1. The van der Waals surface area contributed by atoms with Crippen molar-refractivity contribution in [1.29, 1.82) is 0 Å². The van der Waals surface area contributed by atoms with Crippen molar-refractivity contribution < 1.29 is 9.53 Å². The number of nitrogens with two attached hydrogens (primary N) is 1. The summed E-state index contributed by atoms with van der Waals surface area (Å²) in [6, 6.07) is 3.36. The Bertz CT molecular complexity index is 413. The number of nitrogens with one attached hydrogen (secondary N) is 2. The molecule has 18 heavy (non-hydrogen) atoms. The van der Waals surface area contributed by atoms with E-state index in [0.29, 0.717) is 24.6 Å². The van der Waals surface area contributed by atoms with Crippen LogP contribution < -0.4 is 16.6 Å². The van der Waals surface area contributed by atoms with Crippen LogP contribution in [0.3, 0.4) is 0 Å². The SMILES string of the molecule is CC1(NC(=O)c2ccc(NN)nc2)CCOCC1. The fourth-order valence-electron chi connectivity index (χ4n) is 1.91. The number of carbonyl (C=O) groups excluding carboxylic acids is 1. The number of hydrazine groups is 1. The summed E-state index contributed by atoms with van der Waals surface area (Å²) in [5.74, 6) is 5.64. The summed E-state index contributed by atoms with van der Waals surface area (Å²) < 4.78 is 5.30. The highest BCUT2D eigenvalue weighted by atomic mass is 16.5. The summed E-state index contributed by atoms with van der Waals surface area (Å²) in [4.78, 5) is 16.1. The van der Waals surface area contributed by atoms with Crippen molar-refractivity contribution >= 4 is 11.7 Å². The van der Waals surface area contributed by atoms with Crippen molar-refractivity contribution in [2.45, 2.75) is 25.3 Å². The molecule has 0 saturated carbocycles. The van der Waals surface area contributed by atoms with Gasteiger partial charge in [0.15, 0.2) is 0 Å². The molecular weight excluding hydrogens is 232 g/mol. The number of anilines is 1. The van der Waals surface area contributed by atoms with Crippen LogP contribution in [0.5, 0.6) is 0 Å². The Morgan fingerprint density at radius 1 is 1.44 bits per heavy atom. The van der Waals surface area contributed by atoms with E-state index in [2.05, 4.69) is 15.7 Å². The van der Waals surface area contributed by atoms with E-state index in [1.165, 1.54) is 6.20 Å². The predicted octanol–water partition coefficient (Wildman–Crippen LogP) is 0.666. The summed E-state index contributed by atoms with van der Waals surface area (Å²) in [6.07, 6.45) is 3.16. The molecule has 0 aromatic carbocycles. The van der Waals surface area contributed by atoms with Crippen LogP contribution in [0.2, 0.25) is 0 Å². The Morgan fingerprint density at radius 3 is 2.72 bits per heavy atom. The number of hydrogen-bond acceptors (Lipinski definition) is 5. The van der Waals surface area contributed by atoms with Crippen LogP contribution in [0, 0.1) is 0 Å². The van der Waals surface area contributed by atoms with Crippen LogP contribution in [0.15, 0.2) is 18.3 Å². The monoisotopic (exact) mass is 250 g/mol. The van der Waals surface area contributed by atoms with Crippen molar-refractivity contribution in [3.63, 3.8) is 0 Å². The van der Waals surface area contributed by atoms with Gasteiger partial charge in [0.2, 0.25) is 0 Å². The molecule has 1 aromatic rings. The highest BCUT2D eigenvalue weighted by Crippen LogP contribution is 2.20. The van der Waals surface area contributed by atoms with Gasteiger partial charge in [-0.2, -0.15) is 0 Å². The van der Waals surface area contributed by atoms with Gasteiger partial charge in [0.25, 0.3) is 5.91 Å². The molecule has 1 amide bonds. The molecule has 0 aliphatic carbocycles. The third-order valence-corrected chi connectivity index (χ3v) is 3.19. The van der Waals surface area contributed by atoms with Crippen LogP contribution in [-0.2, 0) is 4.74 Å². The lowest BCUT2D eigenvalue weighted by Gasteiger charge is -2.34. The highest BCUT2D eigenvalue weighted by molar-refractivity contribution is 5.94. The minimum Gasteiger partial charge on any atom is -0.381 e. The fourth-order valence-corrected chi connectivity index (χ4v) is 1.91. The van der Waals surface area contributed by atoms with Crippen molar-refractivity contribution in [1.82, 2.24) is 10.3 Å². The molecular formula is C12H18N4O2. The minimum absolute atomic E-state index is 0.115. The Labute approximate surface area is 106 Å². The summed E-state index contributed by atoms with van der Waals surface area (Å²) in [6.45, 7) is 3.41. The zero-order valence-electron chi connectivity index (χ0n) is 10.4. The molecule has 2 rings (SSSR count). The Kier molecular flexibility index (Phi) is 3.78. The predicted molar refractivity (Wildman–Crippen MR) is 68.0 cm³/mol. The molecule has 1 aliphatic heterocycles. The van der Waals surface area contributed by atoms with Gasteiger partial charge in [-0.15, -0.1) is 0 Å². The van der Waals surface area contributed by atoms with E-state index < -0.39 is 0 Å². The molecule has 0 unspecified atom stereocenters. The van der Waals surface area contributed by atoms with Gasteiger partial charge in [0, 0.05) is 24.9 Å². The second kappa shape index (κ2) is 5.32. The normalized spacial score (nSPS) is 18.1. The Hall–Kier alpha value is -1.66. The molecule has 1 aliphatic rings. The average Bonchev–Trinajstić information content (AvgIpc) is 2.39. The Balaban J connectivity index is 2.02. The van der Waals surface area contributed by atoms with Crippen molar-refractivity contribution in [2.75, 3.05) is 18.6 Å². The van der Waals surface area contributed by atoms with Gasteiger partial charge < -0.3 is 15.5 Å². The molecule has 6 heteroatoms. The summed E-state index contributed by atoms with van der Waals surface area (Å²) in [5, 5.41) is 3.04. The first-order valence-corrected chi connectivity index (χ1v) is 5.96. The number of rotatable bonds is 3. The van der Waals surface area contributed by atoms with E-state index in [1.807, 2.05) is 6.92 Å². The number of pyridine rings is 1. The van der Waals surface area contributed by atoms with Gasteiger partial charge in [-0.05, 0) is 31.9 Å². The van der Waals surface area contributed by atoms with Gasteiger partial charge in [0.1, 0.15) is 5.82 Å². The average molecular weight is 250 g/mol. The van der Waals surface area contributed by atoms with Crippen LogP contribution in [0.1, 0.15) is 30.1 Å². The maximum absolute atomic E-state index is 12.1. The van der Waals surface area contributed by atoms with Crippen LogP contribution >= 0.6 is 0 Å². The Morgan fingerprint density at radius 2 is 2.17 bits per heavy atom. The van der Waals surface area contributed by atoms with E-state index in [9.17, 15) is 4.79 Å². The standard InChI is InChI=1S/C12H18N4O2/c1-12(4-6-18-7-5-12)15-11(17)9-2-3-10(16-13)14-8-9/h2-3,8H,4-7,13H2,1H3,(H,14,16)(H,15,17). The number of carbonyl (C=O) groups is 1. The van der Waals surface area contributed by atoms with E-state index >= 15 is 0 Å². The van der Waals surface area contributed by atoms with E-state index in [4.69, 9.17) is 10.6 Å². The van der Waals surface area contributed by atoms with Crippen LogP contribution in [-0.4, -0.2) is 29.6 Å². The molecule has 98 valence electrons. The molecule has 0 radical (unpaired) electrons. The molecule has 2 heterocycles. The smallest absolute Gasteiger partial charge is 0.253 e. The van der Waals surface area contributed by atoms with E-state index in [0.717, 1.165) is 12.8 Å². The zero-order chi connectivity index (χ0) is 13.0. The molecule has 0 spiro atoms. The van der Waals surface area contributed by atoms with Crippen molar-refractivity contribution in [3.05, 3.63) is 23.9 Å². The lowest BCUT2D eigenvalue weighted by molar-refractivity contribution is 0.0423. The molecule has 6 nitrogen and oxygen atoms in total. The first kappa shape index (κ1) is 12.8. The highest BCUT2D eigenvalue weighted by Gasteiger charge is 2.29. The second-order valence-electron chi connectivity index (χ2n) is 4.70. The lowest BCUT2D eigenvalue weighted by Crippen LogP contribution is -2.49. The van der Waals surface area contributed by atoms with Crippen molar-refractivity contribution in [3.8, 4) is 0 Å². The maximum atomic E-state index is 12.1. The molecule has 1 aromatic heterocycles. The minimum atomic E-state index is -0.194. The second-order valence-corrected chi connectivity index (χ2v) is 4.70. The molecule has 4 N–H and O–H groups in total. The number of amides is 1. The van der Waals surface area contributed by atoms with Gasteiger partial charge in [-0.1, -0.05) is 0 Å². The maximum Gasteiger partial charge on any atom is 0.253 e. The van der Waals surface area contributed by atoms with Gasteiger partial charge in [-0.25, -0.2) is 10.8 Å². The summed E-state index contributed by atoms with van der Waals surface area (Å²) in [7, 11) is 0. The molecule has 0 bridgehead atoms. The first-order chi connectivity index (χ1) is 8.63. The fraction of sp³-hybridized carbons (Fsp3) is 0.500. The lowest BCUT2D eigenvalue weighted by atomic mass is 9.92. The van der Waals surface area contributed by atoms with Crippen LogP contribution in [0.25, 0.3) is 0 Å². The van der Waals surface area contributed by atoms with Gasteiger partial charge >= 0.3 is 0 Å². The van der Waals surface area contributed by atoms with Gasteiger partial charge in [0.05, 0.1) is 5.56 Å². The number of nitrogen functional groups attached to an aromatic ring is 1. The summed E-state index contributed by atoms with van der Waals surface area (Å²) >= 11 is 0. The summed E-state index contributed by atoms with van der Waals surface area (Å²) in [5.41, 5.74) is 2.76. The molecule has 1 saturated heterocycles. The van der Waals surface area contributed by atoms with E-state index in [1.54, 1.807) is 12.1 Å². The number of nitrogens with zero attached hydrogens (tertiary/aromatic N) is 1. The van der Waals surface area contributed by atoms with Gasteiger partial charge in [-0.3, -0.25) is 4.79 Å². The topological polar surface area (TPSA) is 89.3 Å². The number of aromatic nitrogens is 1. The largest absolute Gasteiger partial charge is 0.381 e.